The second-order valence-corrected chi connectivity index (χ2v) is 22.5. The van der Waals surface area contributed by atoms with Crippen molar-refractivity contribution in [1.29, 1.82) is 0 Å². The van der Waals surface area contributed by atoms with Gasteiger partial charge in [0, 0.05) is 93.4 Å². The molecule has 0 saturated carbocycles. The summed E-state index contributed by atoms with van der Waals surface area (Å²) in [7, 11) is 0. The van der Waals surface area contributed by atoms with Crippen LogP contribution in [0.1, 0.15) is 45.1 Å². The Kier molecular flexibility index (Phi) is 18.5. The van der Waals surface area contributed by atoms with Crippen molar-refractivity contribution in [3.05, 3.63) is 236 Å². The minimum absolute atomic E-state index is 0.152. The number of unbranched alkanes of at least 4 members (excludes halogenated alkanes) is 2. The van der Waals surface area contributed by atoms with Crippen LogP contribution in [0.15, 0.2) is 231 Å². The third kappa shape index (κ3) is 14.8. The average Bonchev–Trinajstić information content (AvgIpc) is 3.67. The van der Waals surface area contributed by atoms with Crippen molar-refractivity contribution in [2.45, 2.75) is 46.5 Å². The maximum absolute atomic E-state index is 6.69. The molecule has 9 aromatic rings. The number of benzene rings is 9. The molecule has 0 amide bonds. The lowest BCUT2D eigenvalue weighted by Gasteiger charge is -2.37. The van der Waals surface area contributed by atoms with Gasteiger partial charge in [0.15, 0.2) is 0 Å². The Labute approximate surface area is 490 Å². The summed E-state index contributed by atoms with van der Waals surface area (Å²) in [5.74, 6) is 3.06. The first kappa shape index (κ1) is 56.5. The summed E-state index contributed by atoms with van der Waals surface area (Å²) < 4.78 is 42.1. The monoisotopic (exact) mass is 1110 g/mol. The first-order chi connectivity index (χ1) is 40.7. The Morgan fingerprint density at radius 2 is 0.675 bits per heavy atom. The summed E-state index contributed by atoms with van der Waals surface area (Å²) in [6, 6.07) is 80.3. The summed E-state index contributed by atoms with van der Waals surface area (Å²) in [6.45, 7) is 13.7. The fourth-order valence-corrected chi connectivity index (χ4v) is 10.4. The number of aryl methyl sites for hydroxylation is 1. The van der Waals surface area contributed by atoms with Gasteiger partial charge in [-0.25, -0.2) is 0 Å². The van der Waals surface area contributed by atoms with Crippen molar-refractivity contribution in [2.24, 2.45) is 10.8 Å². The van der Waals surface area contributed by atoms with Crippen LogP contribution in [-0.4, -0.2) is 66.1 Å². The van der Waals surface area contributed by atoms with Crippen LogP contribution in [0.25, 0.3) is 11.1 Å². The van der Waals surface area contributed by atoms with Crippen molar-refractivity contribution in [1.82, 2.24) is 0 Å². The van der Waals surface area contributed by atoms with Gasteiger partial charge in [-0.1, -0.05) is 110 Å². The third-order valence-electron chi connectivity index (χ3n) is 15.1. The fourth-order valence-electron chi connectivity index (χ4n) is 10.4. The van der Waals surface area contributed by atoms with Crippen LogP contribution < -0.4 is 28.9 Å². The Morgan fingerprint density at radius 1 is 0.337 bits per heavy atom. The molecule has 424 valence electrons. The fraction of sp³-hybridized carbons (Fsp3) is 0.260. The number of ether oxygens (including phenoxy) is 7. The average molecular weight is 1110 g/mol. The number of para-hydroxylation sites is 2. The number of hydrogen-bond donors (Lipinski definition) is 0. The summed E-state index contributed by atoms with van der Waals surface area (Å²) in [6.07, 6.45) is 3.67. The van der Waals surface area contributed by atoms with Crippen molar-refractivity contribution in [3.8, 4) is 34.1 Å². The highest BCUT2D eigenvalue weighted by Crippen LogP contribution is 2.42. The maximum Gasteiger partial charge on any atom is 0.129 e. The number of nitrogens with zero attached hydrogens (tertiary/aromatic N) is 3. The van der Waals surface area contributed by atoms with Gasteiger partial charge in [-0.05, 0) is 165 Å². The smallest absolute Gasteiger partial charge is 0.129 e. The predicted molar refractivity (Wildman–Crippen MR) is 336 cm³/mol. The Balaban J connectivity index is 0.806. The van der Waals surface area contributed by atoms with Crippen molar-refractivity contribution < 1.29 is 33.2 Å². The SMILES string of the molecule is Cc1ccc(N(c2cccc(OCCCCOCC3(C)COC3)c2)c2cccc(Oc3ccc(N(c4ccc(-c5ccc(N(c6ccccc6)c6ccccc6)cc5)cc4)c4cccc(OCCCCOCC5(C)COC5)c4)cc3)c2)cc1. The first-order valence-electron chi connectivity index (χ1n) is 29.2. The zero-order valence-electron chi connectivity index (χ0n) is 48.0. The zero-order chi connectivity index (χ0) is 56.7. The molecular formula is C73H75N3O7. The van der Waals surface area contributed by atoms with E-state index in [4.69, 9.17) is 33.2 Å². The standard InChI is InChI=1S/C73H75N3O7/c1-56-27-33-61(34-28-56)76(66-22-15-25-70(48-66)82-46-13-11-44-78-51-73(3)54-80-55-73)67-23-16-26-71(49-67)83-68-41-39-64(40-42-68)75(65-21-14-24-69(47-65)81-45-12-10-43-77-50-72(2)52-79-53-72)63-37-31-58(32-38-63)57-29-35-62(36-30-57)74(59-17-6-4-7-18-59)60-19-8-5-9-20-60/h4-9,14-42,47-49H,10-13,43-46,50-55H2,1-3H3. The Hall–Kier alpha value is -8.38. The lowest BCUT2D eigenvalue weighted by atomic mass is 9.90. The molecular weight excluding hydrogens is 1030 g/mol. The minimum atomic E-state index is 0.152. The van der Waals surface area contributed by atoms with E-state index in [0.29, 0.717) is 31.3 Å². The minimum Gasteiger partial charge on any atom is -0.494 e. The first-order valence-corrected chi connectivity index (χ1v) is 29.2. The Morgan fingerprint density at radius 3 is 1.10 bits per heavy atom. The van der Waals surface area contributed by atoms with Gasteiger partial charge in [0.1, 0.15) is 23.0 Å². The molecule has 0 N–H and O–H groups in total. The highest BCUT2D eigenvalue weighted by molar-refractivity contribution is 5.82. The highest BCUT2D eigenvalue weighted by atomic mass is 16.5. The topological polar surface area (TPSA) is 74.3 Å². The van der Waals surface area contributed by atoms with Crippen LogP contribution in [-0.2, 0) is 18.9 Å². The van der Waals surface area contributed by atoms with Crippen LogP contribution in [0.2, 0.25) is 0 Å². The summed E-state index contributed by atoms with van der Waals surface area (Å²) in [5, 5.41) is 0. The van der Waals surface area contributed by atoms with E-state index in [1.807, 2.05) is 36.4 Å². The molecule has 0 unspecified atom stereocenters. The molecule has 2 aliphatic rings. The molecule has 2 heterocycles. The van der Waals surface area contributed by atoms with E-state index in [9.17, 15) is 0 Å². The molecule has 0 atom stereocenters. The van der Waals surface area contributed by atoms with E-state index in [1.54, 1.807) is 0 Å². The number of anilines is 9. The van der Waals surface area contributed by atoms with Gasteiger partial charge in [-0.15, -0.1) is 0 Å². The van der Waals surface area contributed by atoms with E-state index in [-0.39, 0.29) is 10.8 Å². The Bertz CT molecular complexity index is 3400. The van der Waals surface area contributed by atoms with Gasteiger partial charge < -0.3 is 47.9 Å². The van der Waals surface area contributed by atoms with Crippen molar-refractivity contribution >= 4 is 51.2 Å². The second-order valence-electron chi connectivity index (χ2n) is 22.5. The van der Waals surface area contributed by atoms with Gasteiger partial charge in [0.25, 0.3) is 0 Å². The normalized spacial score (nSPS) is 14.0. The van der Waals surface area contributed by atoms with Crippen LogP contribution in [0, 0.1) is 17.8 Å². The molecule has 0 spiro atoms. The highest BCUT2D eigenvalue weighted by Gasteiger charge is 2.34. The summed E-state index contributed by atoms with van der Waals surface area (Å²) in [5.41, 5.74) is 13.0. The van der Waals surface area contributed by atoms with E-state index < -0.39 is 0 Å². The van der Waals surface area contributed by atoms with Crippen LogP contribution in [0.3, 0.4) is 0 Å². The molecule has 11 rings (SSSR count). The molecule has 2 fully saturated rings. The summed E-state index contributed by atoms with van der Waals surface area (Å²) in [4.78, 5) is 6.79. The lowest BCUT2D eigenvalue weighted by molar-refractivity contribution is -0.138. The maximum atomic E-state index is 6.69. The molecule has 0 aromatic heterocycles. The molecule has 0 aliphatic carbocycles. The van der Waals surface area contributed by atoms with Crippen molar-refractivity contribution in [3.63, 3.8) is 0 Å². The van der Waals surface area contributed by atoms with Gasteiger partial charge in [0.2, 0.25) is 0 Å². The predicted octanol–water partition coefficient (Wildman–Crippen LogP) is 18.3. The third-order valence-corrected chi connectivity index (χ3v) is 15.1. The van der Waals surface area contributed by atoms with E-state index in [2.05, 4.69) is 230 Å². The molecule has 9 aromatic carbocycles. The molecule has 10 heteroatoms. The van der Waals surface area contributed by atoms with Crippen LogP contribution in [0.4, 0.5) is 51.2 Å². The van der Waals surface area contributed by atoms with Crippen LogP contribution >= 0.6 is 0 Å². The van der Waals surface area contributed by atoms with E-state index in [0.717, 1.165) is 146 Å². The molecule has 2 saturated heterocycles. The molecule has 0 bridgehead atoms. The second kappa shape index (κ2) is 27.1. The van der Waals surface area contributed by atoms with E-state index in [1.165, 1.54) is 5.56 Å². The van der Waals surface area contributed by atoms with Gasteiger partial charge in [-0.3, -0.25) is 0 Å². The summed E-state index contributed by atoms with van der Waals surface area (Å²) >= 11 is 0. The quantitative estimate of drug-likeness (QED) is 0.0443. The van der Waals surface area contributed by atoms with Gasteiger partial charge in [0.05, 0.1) is 52.9 Å². The lowest BCUT2D eigenvalue weighted by Crippen LogP contribution is -2.43. The molecule has 0 radical (unpaired) electrons. The number of rotatable bonds is 28. The molecule has 83 heavy (non-hydrogen) atoms. The molecule has 10 nitrogen and oxygen atoms in total. The van der Waals surface area contributed by atoms with Crippen molar-refractivity contribution in [2.75, 3.05) is 80.8 Å². The molecule has 2 aliphatic heterocycles. The van der Waals surface area contributed by atoms with Crippen LogP contribution in [0.5, 0.6) is 23.0 Å². The van der Waals surface area contributed by atoms with E-state index >= 15 is 0 Å². The van der Waals surface area contributed by atoms with Gasteiger partial charge in [-0.2, -0.15) is 0 Å². The van der Waals surface area contributed by atoms with Gasteiger partial charge >= 0.3 is 0 Å². The largest absolute Gasteiger partial charge is 0.494 e. The number of hydrogen-bond acceptors (Lipinski definition) is 10. The zero-order valence-corrected chi connectivity index (χ0v) is 48.0.